The molecule has 1 aliphatic rings. The third-order valence-electron chi connectivity index (χ3n) is 5.15. The van der Waals surface area contributed by atoms with Gasteiger partial charge in [-0.25, -0.2) is 0 Å². The zero-order chi connectivity index (χ0) is 20.8. The van der Waals surface area contributed by atoms with Crippen molar-refractivity contribution >= 4 is 35.8 Å². The summed E-state index contributed by atoms with van der Waals surface area (Å²) < 4.78 is 5.23. The fourth-order valence-corrected chi connectivity index (χ4v) is 3.56. The molecule has 7 nitrogen and oxygen atoms in total. The van der Waals surface area contributed by atoms with E-state index in [9.17, 15) is 4.79 Å². The Kier molecular flexibility index (Phi) is 8.05. The molecule has 31 heavy (non-hydrogen) atoms. The van der Waals surface area contributed by atoms with Crippen LogP contribution in [0.3, 0.4) is 0 Å². The lowest BCUT2D eigenvalue weighted by molar-refractivity contribution is 0.0657. The Balaban J connectivity index is 0.00000272. The van der Waals surface area contributed by atoms with Crippen molar-refractivity contribution in [1.29, 1.82) is 0 Å². The standard InChI is InChI=1S/C23H25N5O2.HI/c1-24-23(28-13-11-27(12-14-28)22(29)21-9-5-15-30-21)26-17-18-6-4-7-19(16-18)20-8-2-3-10-25-20;/h2-10,15-16H,11-14,17H2,1H3,(H,24,26);1H. The predicted molar refractivity (Wildman–Crippen MR) is 131 cm³/mol. The van der Waals surface area contributed by atoms with Gasteiger partial charge in [0.15, 0.2) is 11.7 Å². The highest BCUT2D eigenvalue weighted by Crippen LogP contribution is 2.17. The fourth-order valence-electron chi connectivity index (χ4n) is 3.56. The Morgan fingerprint density at radius 3 is 2.55 bits per heavy atom. The number of furan rings is 1. The maximum atomic E-state index is 12.4. The number of pyridine rings is 1. The first-order valence-electron chi connectivity index (χ1n) is 10.0. The molecular formula is C23H26IN5O2. The van der Waals surface area contributed by atoms with Crippen molar-refractivity contribution in [2.75, 3.05) is 33.2 Å². The number of piperazine rings is 1. The van der Waals surface area contributed by atoms with Gasteiger partial charge < -0.3 is 19.5 Å². The Bertz CT molecular complexity index is 1000. The van der Waals surface area contributed by atoms with Crippen LogP contribution in [-0.2, 0) is 6.54 Å². The number of guanidine groups is 1. The molecule has 3 heterocycles. The predicted octanol–water partition coefficient (Wildman–Crippen LogP) is 3.49. The summed E-state index contributed by atoms with van der Waals surface area (Å²) in [5.41, 5.74) is 3.21. The fraction of sp³-hybridized carbons (Fsp3) is 0.261. The molecule has 0 aliphatic carbocycles. The number of aliphatic imine (C=N–C) groups is 1. The average Bonchev–Trinajstić information content (AvgIpc) is 3.35. The monoisotopic (exact) mass is 531 g/mol. The molecule has 0 radical (unpaired) electrons. The second-order valence-electron chi connectivity index (χ2n) is 7.07. The number of nitrogens with one attached hydrogen (secondary N) is 1. The second-order valence-corrected chi connectivity index (χ2v) is 7.07. The van der Waals surface area contributed by atoms with Crippen LogP contribution in [0.15, 0.2) is 76.5 Å². The van der Waals surface area contributed by atoms with E-state index < -0.39 is 0 Å². The van der Waals surface area contributed by atoms with E-state index in [4.69, 9.17) is 4.42 Å². The first kappa shape index (κ1) is 22.8. The molecule has 162 valence electrons. The third-order valence-corrected chi connectivity index (χ3v) is 5.15. The van der Waals surface area contributed by atoms with E-state index in [-0.39, 0.29) is 29.9 Å². The summed E-state index contributed by atoms with van der Waals surface area (Å²) in [6.45, 7) is 3.38. The van der Waals surface area contributed by atoms with Crippen LogP contribution in [-0.4, -0.2) is 59.9 Å². The number of benzene rings is 1. The van der Waals surface area contributed by atoms with Gasteiger partial charge in [-0.3, -0.25) is 14.8 Å². The number of amides is 1. The Morgan fingerprint density at radius 1 is 1.06 bits per heavy atom. The number of halogens is 1. The first-order chi connectivity index (χ1) is 14.7. The number of carbonyl (C=O) groups excluding carboxylic acids is 1. The zero-order valence-corrected chi connectivity index (χ0v) is 19.7. The second kappa shape index (κ2) is 10.9. The number of nitrogens with zero attached hydrogens (tertiary/aromatic N) is 4. The molecule has 0 bridgehead atoms. The largest absolute Gasteiger partial charge is 0.459 e. The van der Waals surface area contributed by atoms with Gasteiger partial charge in [0.25, 0.3) is 5.91 Å². The van der Waals surface area contributed by atoms with Gasteiger partial charge in [0.2, 0.25) is 0 Å². The quantitative estimate of drug-likeness (QED) is 0.317. The summed E-state index contributed by atoms with van der Waals surface area (Å²) in [5.74, 6) is 1.16. The average molecular weight is 531 g/mol. The van der Waals surface area contributed by atoms with Crippen LogP contribution in [0, 0.1) is 0 Å². The maximum absolute atomic E-state index is 12.4. The molecule has 1 saturated heterocycles. The van der Waals surface area contributed by atoms with Gasteiger partial charge in [-0.2, -0.15) is 0 Å². The van der Waals surface area contributed by atoms with Gasteiger partial charge in [-0.05, 0) is 35.9 Å². The lowest BCUT2D eigenvalue weighted by Crippen LogP contribution is -2.53. The van der Waals surface area contributed by atoms with Crippen LogP contribution in [0.1, 0.15) is 16.1 Å². The van der Waals surface area contributed by atoms with Crippen molar-refractivity contribution in [3.05, 3.63) is 78.4 Å². The summed E-state index contributed by atoms with van der Waals surface area (Å²) in [5, 5.41) is 3.44. The highest BCUT2D eigenvalue weighted by molar-refractivity contribution is 14.0. The van der Waals surface area contributed by atoms with Crippen molar-refractivity contribution in [2.24, 2.45) is 4.99 Å². The molecule has 0 spiro atoms. The van der Waals surface area contributed by atoms with Crippen LogP contribution in [0.4, 0.5) is 0 Å². The van der Waals surface area contributed by atoms with Crippen molar-refractivity contribution in [3.8, 4) is 11.3 Å². The van der Waals surface area contributed by atoms with E-state index in [1.54, 1.807) is 25.4 Å². The molecular weight excluding hydrogens is 505 g/mol. The summed E-state index contributed by atoms with van der Waals surface area (Å²) in [6, 6.07) is 17.7. The zero-order valence-electron chi connectivity index (χ0n) is 17.4. The van der Waals surface area contributed by atoms with Crippen LogP contribution < -0.4 is 5.32 Å². The minimum absolute atomic E-state index is 0. The maximum Gasteiger partial charge on any atom is 0.289 e. The molecule has 4 rings (SSSR count). The molecule has 0 atom stereocenters. The highest BCUT2D eigenvalue weighted by atomic mass is 127. The number of carbonyl (C=O) groups is 1. The van der Waals surface area contributed by atoms with Crippen LogP contribution in [0.25, 0.3) is 11.3 Å². The minimum atomic E-state index is -0.0612. The summed E-state index contributed by atoms with van der Waals surface area (Å²) in [7, 11) is 1.78. The summed E-state index contributed by atoms with van der Waals surface area (Å²) >= 11 is 0. The molecule has 3 aromatic rings. The molecule has 1 amide bonds. The van der Waals surface area contributed by atoms with E-state index in [1.807, 2.05) is 29.2 Å². The normalized spacial score (nSPS) is 14.2. The Hall–Kier alpha value is -2.88. The summed E-state index contributed by atoms with van der Waals surface area (Å²) in [4.78, 5) is 25.3. The van der Waals surface area contributed by atoms with Gasteiger partial charge in [-0.1, -0.05) is 24.3 Å². The van der Waals surface area contributed by atoms with E-state index in [0.29, 0.717) is 25.4 Å². The highest BCUT2D eigenvalue weighted by Gasteiger charge is 2.25. The van der Waals surface area contributed by atoms with Gasteiger partial charge >= 0.3 is 0 Å². The van der Waals surface area contributed by atoms with Crippen LogP contribution in [0.2, 0.25) is 0 Å². The van der Waals surface area contributed by atoms with Crippen molar-refractivity contribution in [3.63, 3.8) is 0 Å². The molecule has 2 aromatic heterocycles. The number of aromatic nitrogens is 1. The Labute approximate surface area is 199 Å². The first-order valence-corrected chi connectivity index (χ1v) is 10.0. The van der Waals surface area contributed by atoms with E-state index in [0.717, 1.165) is 35.9 Å². The van der Waals surface area contributed by atoms with Crippen molar-refractivity contribution in [2.45, 2.75) is 6.54 Å². The number of rotatable bonds is 4. The summed E-state index contributed by atoms with van der Waals surface area (Å²) in [6.07, 6.45) is 3.33. The molecule has 0 saturated carbocycles. The Morgan fingerprint density at radius 2 is 1.87 bits per heavy atom. The topological polar surface area (TPSA) is 74.0 Å². The van der Waals surface area contributed by atoms with Gasteiger partial charge in [0, 0.05) is 51.5 Å². The number of hydrogen-bond acceptors (Lipinski definition) is 4. The lowest BCUT2D eigenvalue weighted by atomic mass is 10.1. The van der Waals surface area contributed by atoms with Crippen molar-refractivity contribution < 1.29 is 9.21 Å². The minimum Gasteiger partial charge on any atom is -0.459 e. The van der Waals surface area contributed by atoms with Gasteiger partial charge in [-0.15, -0.1) is 24.0 Å². The van der Waals surface area contributed by atoms with Crippen LogP contribution >= 0.6 is 24.0 Å². The lowest BCUT2D eigenvalue weighted by Gasteiger charge is -2.36. The van der Waals surface area contributed by atoms with Crippen molar-refractivity contribution in [1.82, 2.24) is 20.1 Å². The van der Waals surface area contributed by atoms with E-state index in [1.165, 1.54) is 6.26 Å². The molecule has 1 fully saturated rings. The molecule has 0 unspecified atom stereocenters. The van der Waals surface area contributed by atoms with Crippen LogP contribution in [0.5, 0.6) is 0 Å². The molecule has 1 N–H and O–H groups in total. The SMILES string of the molecule is CN=C(NCc1cccc(-c2ccccn2)c1)N1CCN(C(=O)c2ccco2)CC1.I. The van der Waals surface area contributed by atoms with Gasteiger partial charge in [0.05, 0.1) is 12.0 Å². The molecule has 1 aromatic carbocycles. The third kappa shape index (κ3) is 5.63. The molecule has 8 heteroatoms. The van der Waals surface area contributed by atoms with E-state index in [2.05, 4.69) is 38.4 Å². The van der Waals surface area contributed by atoms with E-state index >= 15 is 0 Å². The number of hydrogen-bond donors (Lipinski definition) is 1. The van der Waals surface area contributed by atoms with Gasteiger partial charge in [0.1, 0.15) is 0 Å². The molecule has 1 aliphatic heterocycles. The smallest absolute Gasteiger partial charge is 0.289 e.